The summed E-state index contributed by atoms with van der Waals surface area (Å²) in [5.74, 6) is -0.452. The molecule has 0 spiro atoms. The van der Waals surface area contributed by atoms with Gasteiger partial charge in [-0.2, -0.15) is 5.10 Å². The van der Waals surface area contributed by atoms with Crippen LogP contribution < -0.4 is 4.74 Å². The second-order valence-corrected chi connectivity index (χ2v) is 4.80. The average molecular weight is 274 g/mol. The lowest BCUT2D eigenvalue weighted by Gasteiger charge is -2.10. The molecule has 106 valence electrons. The van der Waals surface area contributed by atoms with Crippen molar-refractivity contribution in [1.82, 2.24) is 9.78 Å². The minimum absolute atomic E-state index is 0.442. The molecule has 20 heavy (non-hydrogen) atoms. The fourth-order valence-corrected chi connectivity index (χ4v) is 2.09. The minimum Gasteiger partial charge on any atom is -0.497 e. The number of carboxylic acids is 1. The van der Waals surface area contributed by atoms with E-state index in [1.807, 2.05) is 31.3 Å². The number of rotatable bonds is 5. The van der Waals surface area contributed by atoms with Crippen molar-refractivity contribution in [2.24, 2.45) is 13.0 Å². The SMILES string of the molecule is COc1ccc(-c2cnn(C)c2CC(C)C(=O)O)cc1. The van der Waals surface area contributed by atoms with Gasteiger partial charge in [-0.05, 0) is 17.7 Å². The first-order chi connectivity index (χ1) is 9.52. The molecule has 5 heteroatoms. The molecule has 0 fully saturated rings. The number of hydrogen-bond donors (Lipinski definition) is 1. The lowest BCUT2D eigenvalue weighted by molar-refractivity contribution is -0.141. The van der Waals surface area contributed by atoms with Crippen LogP contribution in [0.5, 0.6) is 5.75 Å². The second-order valence-electron chi connectivity index (χ2n) is 4.80. The first kappa shape index (κ1) is 14.1. The third-order valence-electron chi connectivity index (χ3n) is 3.38. The number of carboxylic acid groups (broad SMARTS) is 1. The van der Waals surface area contributed by atoms with Crippen molar-refractivity contribution in [3.8, 4) is 16.9 Å². The molecule has 0 saturated heterocycles. The Labute approximate surface area is 117 Å². The largest absolute Gasteiger partial charge is 0.497 e. The zero-order chi connectivity index (χ0) is 14.7. The predicted molar refractivity (Wildman–Crippen MR) is 75.7 cm³/mol. The smallest absolute Gasteiger partial charge is 0.306 e. The van der Waals surface area contributed by atoms with Gasteiger partial charge in [0.25, 0.3) is 0 Å². The number of carbonyl (C=O) groups is 1. The van der Waals surface area contributed by atoms with Crippen LogP contribution in [0.25, 0.3) is 11.1 Å². The van der Waals surface area contributed by atoms with Crippen LogP contribution in [0.1, 0.15) is 12.6 Å². The number of aromatic nitrogens is 2. The number of hydrogen-bond acceptors (Lipinski definition) is 3. The molecule has 1 N–H and O–H groups in total. The van der Waals surface area contributed by atoms with Crippen molar-refractivity contribution in [3.63, 3.8) is 0 Å². The molecule has 2 aromatic rings. The van der Waals surface area contributed by atoms with Crippen LogP contribution in [0.2, 0.25) is 0 Å². The average Bonchev–Trinajstić information content (AvgIpc) is 2.80. The second kappa shape index (κ2) is 5.77. The molecule has 0 amide bonds. The Morgan fingerprint density at radius 2 is 2.05 bits per heavy atom. The van der Waals surface area contributed by atoms with Crippen LogP contribution in [0.4, 0.5) is 0 Å². The van der Waals surface area contributed by atoms with E-state index in [-0.39, 0.29) is 0 Å². The van der Waals surface area contributed by atoms with E-state index in [4.69, 9.17) is 9.84 Å². The lowest BCUT2D eigenvalue weighted by atomic mass is 9.99. The lowest BCUT2D eigenvalue weighted by Crippen LogP contribution is -2.15. The highest BCUT2D eigenvalue weighted by Gasteiger charge is 2.18. The van der Waals surface area contributed by atoms with E-state index in [1.165, 1.54) is 0 Å². The van der Waals surface area contributed by atoms with E-state index >= 15 is 0 Å². The summed E-state index contributed by atoms with van der Waals surface area (Å²) in [5, 5.41) is 13.3. The number of aryl methyl sites for hydroxylation is 1. The van der Waals surface area contributed by atoms with Gasteiger partial charge in [0.05, 0.1) is 19.2 Å². The van der Waals surface area contributed by atoms with Crippen molar-refractivity contribution in [1.29, 1.82) is 0 Å². The summed E-state index contributed by atoms with van der Waals surface area (Å²) < 4.78 is 6.87. The van der Waals surface area contributed by atoms with Gasteiger partial charge in [0.2, 0.25) is 0 Å². The Morgan fingerprint density at radius 1 is 1.40 bits per heavy atom. The molecule has 0 saturated carbocycles. The van der Waals surface area contributed by atoms with E-state index < -0.39 is 11.9 Å². The molecular formula is C15H18N2O3. The fourth-order valence-electron chi connectivity index (χ4n) is 2.09. The topological polar surface area (TPSA) is 64.4 Å². The van der Waals surface area contributed by atoms with Gasteiger partial charge >= 0.3 is 5.97 Å². The van der Waals surface area contributed by atoms with Crippen molar-refractivity contribution in [2.45, 2.75) is 13.3 Å². The molecule has 2 rings (SSSR count). The molecule has 1 aromatic carbocycles. The van der Waals surface area contributed by atoms with Crippen LogP contribution in [0.15, 0.2) is 30.5 Å². The number of aliphatic carboxylic acids is 1. The fraction of sp³-hybridized carbons (Fsp3) is 0.333. The number of nitrogens with zero attached hydrogens (tertiary/aromatic N) is 2. The summed E-state index contributed by atoms with van der Waals surface area (Å²) in [5.41, 5.74) is 2.89. The van der Waals surface area contributed by atoms with Crippen molar-refractivity contribution in [3.05, 3.63) is 36.2 Å². The standard InChI is InChI=1S/C15H18N2O3/c1-10(15(18)19)8-14-13(9-16-17(14)2)11-4-6-12(20-3)7-5-11/h4-7,9-10H,8H2,1-3H3,(H,18,19). The number of methoxy groups -OCH3 is 1. The van der Waals surface area contributed by atoms with Gasteiger partial charge in [-0.15, -0.1) is 0 Å². The van der Waals surface area contributed by atoms with Crippen molar-refractivity contribution >= 4 is 5.97 Å². The molecule has 0 radical (unpaired) electrons. The van der Waals surface area contributed by atoms with E-state index in [9.17, 15) is 4.79 Å². The maximum absolute atomic E-state index is 11.0. The maximum atomic E-state index is 11.0. The minimum atomic E-state index is -0.799. The Hall–Kier alpha value is -2.30. The molecule has 5 nitrogen and oxygen atoms in total. The highest BCUT2D eigenvalue weighted by Crippen LogP contribution is 2.27. The Kier molecular flexibility index (Phi) is 4.08. The van der Waals surface area contributed by atoms with Crippen LogP contribution >= 0.6 is 0 Å². The molecule has 1 heterocycles. The van der Waals surface area contributed by atoms with Crippen molar-refractivity contribution < 1.29 is 14.6 Å². The Bertz CT molecular complexity index is 602. The van der Waals surface area contributed by atoms with E-state index in [2.05, 4.69) is 5.10 Å². The Balaban J connectivity index is 2.34. The van der Waals surface area contributed by atoms with Crippen LogP contribution in [-0.4, -0.2) is 28.0 Å². The summed E-state index contributed by atoms with van der Waals surface area (Å²) in [4.78, 5) is 11.0. The quantitative estimate of drug-likeness (QED) is 0.909. The normalized spacial score (nSPS) is 12.2. The van der Waals surface area contributed by atoms with Crippen LogP contribution in [0.3, 0.4) is 0 Å². The molecule has 0 bridgehead atoms. The summed E-state index contributed by atoms with van der Waals surface area (Å²) >= 11 is 0. The third kappa shape index (κ3) is 2.82. The van der Waals surface area contributed by atoms with E-state index in [0.29, 0.717) is 6.42 Å². The summed E-state index contributed by atoms with van der Waals surface area (Å²) in [6, 6.07) is 7.66. The van der Waals surface area contributed by atoms with Gasteiger partial charge in [-0.3, -0.25) is 9.48 Å². The van der Waals surface area contributed by atoms with Gasteiger partial charge in [-0.1, -0.05) is 19.1 Å². The molecular weight excluding hydrogens is 256 g/mol. The van der Waals surface area contributed by atoms with Gasteiger partial charge < -0.3 is 9.84 Å². The van der Waals surface area contributed by atoms with Crippen LogP contribution in [0, 0.1) is 5.92 Å². The van der Waals surface area contributed by atoms with Gasteiger partial charge in [-0.25, -0.2) is 0 Å². The van der Waals surface area contributed by atoms with E-state index in [1.54, 1.807) is 24.9 Å². The monoisotopic (exact) mass is 274 g/mol. The third-order valence-corrected chi connectivity index (χ3v) is 3.38. The zero-order valence-electron chi connectivity index (χ0n) is 11.8. The maximum Gasteiger partial charge on any atom is 0.306 e. The first-order valence-electron chi connectivity index (χ1n) is 6.41. The summed E-state index contributed by atoms with van der Waals surface area (Å²) in [6.45, 7) is 1.70. The van der Waals surface area contributed by atoms with Crippen molar-refractivity contribution in [2.75, 3.05) is 7.11 Å². The van der Waals surface area contributed by atoms with Gasteiger partial charge in [0, 0.05) is 24.7 Å². The predicted octanol–water partition coefficient (Wildman–Crippen LogP) is 2.36. The zero-order valence-corrected chi connectivity index (χ0v) is 11.8. The van der Waals surface area contributed by atoms with Gasteiger partial charge in [0.1, 0.15) is 5.75 Å². The van der Waals surface area contributed by atoms with Gasteiger partial charge in [0.15, 0.2) is 0 Å². The highest BCUT2D eigenvalue weighted by molar-refractivity contribution is 5.71. The van der Waals surface area contributed by atoms with E-state index in [0.717, 1.165) is 22.6 Å². The molecule has 0 aliphatic rings. The summed E-state index contributed by atoms with van der Waals surface area (Å²) in [7, 11) is 3.45. The molecule has 1 unspecified atom stereocenters. The molecule has 0 aliphatic heterocycles. The first-order valence-corrected chi connectivity index (χ1v) is 6.41. The van der Waals surface area contributed by atoms with Crippen LogP contribution in [-0.2, 0) is 18.3 Å². The highest BCUT2D eigenvalue weighted by atomic mass is 16.5. The molecule has 1 aromatic heterocycles. The summed E-state index contributed by atoms with van der Waals surface area (Å²) in [6.07, 6.45) is 2.22. The Morgan fingerprint density at radius 3 is 2.60 bits per heavy atom. The molecule has 0 aliphatic carbocycles. The number of ether oxygens (including phenoxy) is 1. The molecule has 1 atom stereocenters. The number of benzene rings is 1.